The van der Waals surface area contributed by atoms with Gasteiger partial charge in [0.05, 0.1) is 24.2 Å². The monoisotopic (exact) mass is 385 g/mol. The summed E-state index contributed by atoms with van der Waals surface area (Å²) in [5.41, 5.74) is 1.88. The van der Waals surface area contributed by atoms with E-state index in [4.69, 9.17) is 9.47 Å². The summed E-state index contributed by atoms with van der Waals surface area (Å²) in [5.74, 6) is 1.75. The van der Waals surface area contributed by atoms with Gasteiger partial charge >= 0.3 is 6.09 Å². The SMILES string of the molecule is C[C@H]1CC[C@H](C)Oc2cncc(c2)Nc2cc([nH]n2)[C@H]2CC[C@H](C2)OC(=O)N1. The second kappa shape index (κ2) is 8.08. The van der Waals surface area contributed by atoms with Crippen LogP contribution in [0.2, 0.25) is 0 Å². The molecule has 6 bridgehead atoms. The maximum absolute atomic E-state index is 12.2. The van der Waals surface area contributed by atoms with Gasteiger partial charge in [0.15, 0.2) is 5.82 Å². The second-order valence-electron chi connectivity index (χ2n) is 7.83. The summed E-state index contributed by atoms with van der Waals surface area (Å²) in [6.07, 6.45) is 7.33. The number of fused-ring (bicyclic) bond motifs is 7. The van der Waals surface area contributed by atoms with Gasteiger partial charge in [0.25, 0.3) is 0 Å². The minimum Gasteiger partial charge on any atom is -0.489 e. The number of H-pyrrole nitrogens is 1. The van der Waals surface area contributed by atoms with Gasteiger partial charge in [-0.3, -0.25) is 10.1 Å². The lowest BCUT2D eigenvalue weighted by atomic mass is 10.0. The van der Waals surface area contributed by atoms with Crippen LogP contribution in [-0.4, -0.2) is 39.5 Å². The van der Waals surface area contributed by atoms with Gasteiger partial charge in [0.1, 0.15) is 11.9 Å². The molecule has 3 N–H and O–H groups in total. The number of carbonyl (C=O) groups is 1. The van der Waals surface area contributed by atoms with E-state index >= 15 is 0 Å². The molecule has 8 nitrogen and oxygen atoms in total. The number of nitrogens with zero attached hydrogens (tertiary/aromatic N) is 2. The van der Waals surface area contributed by atoms with Crippen LogP contribution >= 0.6 is 0 Å². The van der Waals surface area contributed by atoms with Gasteiger partial charge in [-0.2, -0.15) is 5.10 Å². The third-order valence-corrected chi connectivity index (χ3v) is 5.39. The van der Waals surface area contributed by atoms with Crippen molar-refractivity contribution < 1.29 is 14.3 Å². The fourth-order valence-corrected chi connectivity index (χ4v) is 3.87. The van der Waals surface area contributed by atoms with Gasteiger partial charge in [0.2, 0.25) is 0 Å². The first-order valence-electron chi connectivity index (χ1n) is 9.96. The van der Waals surface area contributed by atoms with Crippen molar-refractivity contribution in [2.24, 2.45) is 0 Å². The first-order valence-corrected chi connectivity index (χ1v) is 9.96. The van der Waals surface area contributed by atoms with E-state index in [1.54, 1.807) is 12.4 Å². The topological polar surface area (TPSA) is 101 Å². The Morgan fingerprint density at radius 2 is 1.96 bits per heavy atom. The number of aromatic nitrogens is 3. The standard InChI is InChI=1S/C20H27N5O3/c1-12-3-4-13(2)27-17-8-15(10-21-11-17)23-19-9-18(24-25-19)14-5-6-16(7-14)28-20(26)22-12/h8-14,16H,3-7H2,1-2H3,(H,22,26)(H2,23,24,25)/t12-,13-,14-,16+/m0/s1. The highest BCUT2D eigenvalue weighted by Gasteiger charge is 2.30. The molecule has 0 saturated heterocycles. The van der Waals surface area contributed by atoms with Crippen molar-refractivity contribution in [2.75, 3.05) is 5.32 Å². The first kappa shape index (κ1) is 18.6. The van der Waals surface area contributed by atoms with Gasteiger partial charge in [-0.05, 0) is 46.0 Å². The van der Waals surface area contributed by atoms with E-state index in [1.165, 1.54) is 0 Å². The van der Waals surface area contributed by atoms with Crippen LogP contribution in [0.25, 0.3) is 0 Å². The van der Waals surface area contributed by atoms with Gasteiger partial charge < -0.3 is 20.1 Å². The molecule has 0 unspecified atom stereocenters. The molecule has 1 fully saturated rings. The molecule has 3 heterocycles. The molecule has 1 saturated carbocycles. The minimum atomic E-state index is -0.336. The molecular formula is C20H27N5O3. The number of hydrogen-bond donors (Lipinski definition) is 3. The van der Waals surface area contributed by atoms with Gasteiger partial charge in [-0.1, -0.05) is 0 Å². The van der Waals surface area contributed by atoms with Crippen LogP contribution in [0.4, 0.5) is 16.3 Å². The smallest absolute Gasteiger partial charge is 0.407 e. The molecule has 2 aromatic rings. The summed E-state index contributed by atoms with van der Waals surface area (Å²) >= 11 is 0. The van der Waals surface area contributed by atoms with E-state index in [0.717, 1.165) is 49.3 Å². The summed E-state index contributed by atoms with van der Waals surface area (Å²) in [6, 6.07) is 3.95. The number of ether oxygens (including phenoxy) is 2. The van der Waals surface area contributed by atoms with Crippen LogP contribution in [0, 0.1) is 0 Å². The fraction of sp³-hybridized carbons (Fsp3) is 0.550. The Hall–Kier alpha value is -2.77. The Kier molecular flexibility index (Phi) is 5.36. The van der Waals surface area contributed by atoms with E-state index in [9.17, 15) is 4.79 Å². The Morgan fingerprint density at radius 3 is 2.86 bits per heavy atom. The Labute approximate surface area is 164 Å². The summed E-state index contributed by atoms with van der Waals surface area (Å²) in [7, 11) is 0. The van der Waals surface area contributed by atoms with Crippen LogP contribution in [-0.2, 0) is 4.74 Å². The van der Waals surface area contributed by atoms with E-state index in [2.05, 4.69) is 25.8 Å². The van der Waals surface area contributed by atoms with Crippen molar-refractivity contribution >= 4 is 17.6 Å². The summed E-state index contributed by atoms with van der Waals surface area (Å²) in [4.78, 5) is 16.5. The zero-order valence-corrected chi connectivity index (χ0v) is 16.3. The number of anilines is 2. The van der Waals surface area contributed by atoms with E-state index in [1.807, 2.05) is 26.0 Å². The van der Waals surface area contributed by atoms with E-state index in [-0.39, 0.29) is 24.3 Å². The van der Waals surface area contributed by atoms with Crippen LogP contribution < -0.4 is 15.4 Å². The number of hydrogen-bond acceptors (Lipinski definition) is 6. The molecule has 1 aliphatic carbocycles. The first-order chi connectivity index (χ1) is 13.5. The van der Waals surface area contributed by atoms with Crippen LogP contribution in [0.5, 0.6) is 5.75 Å². The molecule has 4 atom stereocenters. The normalized spacial score (nSPS) is 28.1. The van der Waals surface area contributed by atoms with Gasteiger partial charge in [-0.15, -0.1) is 0 Å². The maximum atomic E-state index is 12.2. The fourth-order valence-electron chi connectivity index (χ4n) is 3.87. The van der Waals surface area contributed by atoms with Gasteiger partial charge in [0, 0.05) is 29.8 Å². The molecule has 0 aromatic carbocycles. The van der Waals surface area contributed by atoms with Crippen LogP contribution in [0.3, 0.4) is 0 Å². The molecule has 1 amide bonds. The lowest BCUT2D eigenvalue weighted by molar-refractivity contribution is 0.0964. The van der Waals surface area contributed by atoms with Crippen molar-refractivity contribution in [3.63, 3.8) is 0 Å². The van der Waals surface area contributed by atoms with Crippen molar-refractivity contribution in [1.82, 2.24) is 20.5 Å². The number of carbonyl (C=O) groups excluding carboxylic acids is 1. The van der Waals surface area contributed by atoms with Crippen molar-refractivity contribution in [3.8, 4) is 5.75 Å². The van der Waals surface area contributed by atoms with E-state index < -0.39 is 0 Å². The third kappa shape index (κ3) is 4.55. The van der Waals surface area contributed by atoms with Crippen molar-refractivity contribution in [2.45, 2.75) is 70.1 Å². The number of rotatable bonds is 0. The number of amides is 1. The summed E-state index contributed by atoms with van der Waals surface area (Å²) < 4.78 is 11.6. The third-order valence-electron chi connectivity index (χ3n) is 5.39. The highest BCUT2D eigenvalue weighted by atomic mass is 16.6. The highest BCUT2D eigenvalue weighted by Crippen LogP contribution is 2.36. The van der Waals surface area contributed by atoms with Crippen LogP contribution in [0.15, 0.2) is 24.5 Å². The molecule has 0 radical (unpaired) electrons. The molecule has 150 valence electrons. The predicted molar refractivity (Wildman–Crippen MR) is 105 cm³/mol. The summed E-state index contributed by atoms with van der Waals surface area (Å²) in [6.45, 7) is 4.00. The molecule has 2 aliphatic rings. The number of alkyl carbamates (subject to hydrolysis) is 1. The predicted octanol–water partition coefficient (Wildman–Crippen LogP) is 3.86. The Morgan fingerprint density at radius 1 is 1.07 bits per heavy atom. The molecule has 8 heteroatoms. The van der Waals surface area contributed by atoms with E-state index in [0.29, 0.717) is 11.7 Å². The maximum Gasteiger partial charge on any atom is 0.407 e. The Balaban J connectivity index is 1.54. The number of nitrogens with one attached hydrogen (secondary N) is 3. The number of aromatic amines is 1. The largest absolute Gasteiger partial charge is 0.489 e. The quantitative estimate of drug-likeness (QED) is 0.637. The highest BCUT2D eigenvalue weighted by molar-refractivity contribution is 5.67. The average Bonchev–Trinajstić information content (AvgIpc) is 3.29. The van der Waals surface area contributed by atoms with Crippen LogP contribution in [0.1, 0.15) is 57.6 Å². The van der Waals surface area contributed by atoms with Crippen molar-refractivity contribution in [3.05, 3.63) is 30.2 Å². The van der Waals surface area contributed by atoms with Crippen molar-refractivity contribution in [1.29, 1.82) is 0 Å². The summed E-state index contributed by atoms with van der Waals surface area (Å²) in [5, 5.41) is 13.7. The molecule has 0 spiro atoms. The van der Waals surface area contributed by atoms with Gasteiger partial charge in [-0.25, -0.2) is 4.79 Å². The second-order valence-corrected chi connectivity index (χ2v) is 7.83. The zero-order chi connectivity index (χ0) is 19.5. The zero-order valence-electron chi connectivity index (χ0n) is 16.3. The molecule has 2 aromatic heterocycles. The Bertz CT molecular complexity index is 824. The molecule has 28 heavy (non-hydrogen) atoms. The molecule has 4 rings (SSSR count). The lowest BCUT2D eigenvalue weighted by Gasteiger charge is -2.20. The lowest BCUT2D eigenvalue weighted by Crippen LogP contribution is -2.35. The average molecular weight is 385 g/mol. The molecular weight excluding hydrogens is 358 g/mol. The molecule has 1 aliphatic heterocycles. The number of pyridine rings is 1. The minimum absolute atomic E-state index is 0.00350.